The average Bonchev–Trinajstić information content (AvgIpc) is 3.19. The Kier molecular flexibility index (Phi) is 4.97. The zero-order valence-electron chi connectivity index (χ0n) is 16.4. The molecule has 154 valence electrons. The van der Waals surface area contributed by atoms with Gasteiger partial charge < -0.3 is 28.8 Å². The fourth-order valence-corrected chi connectivity index (χ4v) is 3.67. The quantitative estimate of drug-likeness (QED) is 0.583. The second kappa shape index (κ2) is 7.46. The molecule has 29 heavy (non-hydrogen) atoms. The van der Waals surface area contributed by atoms with Gasteiger partial charge in [-0.1, -0.05) is 30.3 Å². The molecule has 1 fully saturated rings. The lowest BCUT2D eigenvalue weighted by Crippen LogP contribution is -2.52. The Bertz CT molecular complexity index is 913. The summed E-state index contributed by atoms with van der Waals surface area (Å²) in [6.07, 6.45) is 0. The van der Waals surface area contributed by atoms with Gasteiger partial charge >= 0.3 is 5.97 Å². The van der Waals surface area contributed by atoms with Crippen molar-refractivity contribution in [3.63, 3.8) is 0 Å². The number of carbonyl (C=O) groups excluding carboxylic acids is 1. The molecule has 8 heteroatoms. The number of benzene rings is 2. The lowest BCUT2D eigenvalue weighted by Gasteiger charge is -2.42. The number of phenolic OH excluding ortho intramolecular Hbond substituents is 1. The summed E-state index contributed by atoms with van der Waals surface area (Å²) in [4.78, 5) is 12.9. The lowest BCUT2D eigenvalue weighted by atomic mass is 9.87. The number of hydrogen-bond acceptors (Lipinski definition) is 8. The number of rotatable bonds is 5. The Balaban J connectivity index is 1.75. The number of esters is 1. The number of ether oxygens (including phenoxy) is 5. The van der Waals surface area contributed by atoms with E-state index in [1.165, 1.54) is 7.11 Å². The van der Waals surface area contributed by atoms with E-state index in [0.29, 0.717) is 5.56 Å². The molecule has 0 amide bonds. The summed E-state index contributed by atoms with van der Waals surface area (Å²) in [5.41, 5.74) is 0.683. The number of fused-ring (bicyclic) bond motifs is 1. The highest BCUT2D eigenvalue weighted by Gasteiger charge is 2.46. The van der Waals surface area contributed by atoms with Gasteiger partial charge in [-0.05, 0) is 25.5 Å². The molecule has 2 aromatic carbocycles. The predicted molar refractivity (Wildman–Crippen MR) is 102 cm³/mol. The molecule has 2 aromatic rings. The van der Waals surface area contributed by atoms with Gasteiger partial charge in [0.15, 0.2) is 18.3 Å². The molecule has 0 spiro atoms. The van der Waals surface area contributed by atoms with Crippen LogP contribution in [0.4, 0.5) is 0 Å². The standard InChI is InChI=1S/C21H23NO7/c1-21(2)19(12-7-5-4-6-8-12)22-15(20(24)29-21)13-9-14(26-10-25-3)16(23)18-17(13)27-11-28-18/h4-9,15,19,22-23H,10-11H2,1-3H3/t15?,19-/m1/s1. The summed E-state index contributed by atoms with van der Waals surface area (Å²) in [5.74, 6) is -0.120. The summed E-state index contributed by atoms with van der Waals surface area (Å²) in [6.45, 7) is 3.58. The van der Waals surface area contributed by atoms with E-state index >= 15 is 0 Å². The third kappa shape index (κ3) is 3.45. The summed E-state index contributed by atoms with van der Waals surface area (Å²) in [7, 11) is 1.47. The lowest BCUT2D eigenvalue weighted by molar-refractivity contribution is -0.172. The van der Waals surface area contributed by atoms with Crippen molar-refractivity contribution in [3.05, 3.63) is 47.5 Å². The van der Waals surface area contributed by atoms with Crippen LogP contribution in [0.1, 0.15) is 37.1 Å². The molecule has 2 aliphatic heterocycles. The molecule has 0 radical (unpaired) electrons. The summed E-state index contributed by atoms with van der Waals surface area (Å²) in [5, 5.41) is 13.8. The maximum Gasteiger partial charge on any atom is 0.328 e. The van der Waals surface area contributed by atoms with Crippen molar-refractivity contribution >= 4 is 5.97 Å². The first kappa shape index (κ1) is 19.4. The van der Waals surface area contributed by atoms with Crippen LogP contribution >= 0.6 is 0 Å². The largest absolute Gasteiger partial charge is 0.502 e. The number of aromatic hydroxyl groups is 1. The Morgan fingerprint density at radius 3 is 2.66 bits per heavy atom. The van der Waals surface area contributed by atoms with Gasteiger partial charge in [-0.15, -0.1) is 0 Å². The maximum atomic E-state index is 12.9. The molecule has 2 heterocycles. The minimum atomic E-state index is -0.839. The maximum absolute atomic E-state index is 12.9. The number of hydrogen-bond donors (Lipinski definition) is 2. The van der Waals surface area contributed by atoms with Gasteiger partial charge in [0.1, 0.15) is 11.6 Å². The van der Waals surface area contributed by atoms with E-state index in [-0.39, 0.29) is 42.6 Å². The molecule has 2 aliphatic rings. The minimum Gasteiger partial charge on any atom is -0.502 e. The van der Waals surface area contributed by atoms with Crippen LogP contribution in [-0.2, 0) is 14.3 Å². The number of cyclic esters (lactones) is 1. The van der Waals surface area contributed by atoms with Crippen molar-refractivity contribution in [2.45, 2.75) is 31.5 Å². The first-order valence-corrected chi connectivity index (χ1v) is 9.23. The van der Waals surface area contributed by atoms with Crippen LogP contribution in [0.3, 0.4) is 0 Å². The Hall–Kier alpha value is -2.97. The third-order valence-corrected chi connectivity index (χ3v) is 5.01. The van der Waals surface area contributed by atoms with Crippen LogP contribution in [0.2, 0.25) is 0 Å². The number of carbonyl (C=O) groups is 1. The van der Waals surface area contributed by atoms with Gasteiger partial charge in [0.25, 0.3) is 0 Å². The van der Waals surface area contributed by atoms with Crippen LogP contribution in [0.15, 0.2) is 36.4 Å². The van der Waals surface area contributed by atoms with Crippen molar-refractivity contribution in [2.24, 2.45) is 0 Å². The highest BCUT2D eigenvalue weighted by Crippen LogP contribution is 2.51. The van der Waals surface area contributed by atoms with Gasteiger partial charge in [0.05, 0.1) is 6.04 Å². The van der Waals surface area contributed by atoms with E-state index in [4.69, 9.17) is 23.7 Å². The van der Waals surface area contributed by atoms with E-state index in [9.17, 15) is 9.90 Å². The van der Waals surface area contributed by atoms with Gasteiger partial charge in [0.2, 0.25) is 18.3 Å². The van der Waals surface area contributed by atoms with Gasteiger partial charge in [-0.3, -0.25) is 5.32 Å². The van der Waals surface area contributed by atoms with Gasteiger partial charge in [0, 0.05) is 12.7 Å². The first-order valence-electron chi connectivity index (χ1n) is 9.23. The number of phenols is 1. The van der Waals surface area contributed by atoms with Crippen LogP contribution in [0.5, 0.6) is 23.0 Å². The highest BCUT2D eigenvalue weighted by atomic mass is 16.7. The molecule has 1 saturated heterocycles. The van der Waals surface area contributed by atoms with Crippen molar-refractivity contribution < 1.29 is 33.6 Å². The van der Waals surface area contributed by atoms with E-state index in [0.717, 1.165) is 5.56 Å². The normalized spacial score (nSPS) is 22.2. The molecule has 1 unspecified atom stereocenters. The monoisotopic (exact) mass is 401 g/mol. The van der Waals surface area contributed by atoms with Crippen molar-refractivity contribution in [1.29, 1.82) is 0 Å². The zero-order valence-corrected chi connectivity index (χ0v) is 16.4. The summed E-state index contributed by atoms with van der Waals surface area (Å²) in [6, 6.07) is 10.2. The van der Waals surface area contributed by atoms with E-state index < -0.39 is 17.6 Å². The predicted octanol–water partition coefficient (Wildman–Crippen LogP) is 2.81. The Labute approximate surface area is 168 Å². The second-order valence-electron chi connectivity index (χ2n) is 7.40. The second-order valence-corrected chi connectivity index (χ2v) is 7.40. The van der Waals surface area contributed by atoms with Crippen LogP contribution in [-0.4, -0.2) is 37.4 Å². The molecule has 2 N–H and O–H groups in total. The molecule has 0 aliphatic carbocycles. The highest BCUT2D eigenvalue weighted by molar-refractivity contribution is 5.82. The Morgan fingerprint density at radius 2 is 1.93 bits per heavy atom. The SMILES string of the molecule is COCOc1cc(C2N[C@H](c3ccccc3)C(C)(C)OC2=O)c2c(c1O)OCO2. The summed E-state index contributed by atoms with van der Waals surface area (Å²) >= 11 is 0. The number of methoxy groups -OCH3 is 1. The topological polar surface area (TPSA) is 95.5 Å². The molecule has 0 aromatic heterocycles. The molecule has 8 nitrogen and oxygen atoms in total. The molecule has 4 rings (SSSR count). The molecular weight excluding hydrogens is 378 g/mol. The third-order valence-electron chi connectivity index (χ3n) is 5.01. The van der Waals surface area contributed by atoms with Crippen LogP contribution < -0.4 is 19.5 Å². The van der Waals surface area contributed by atoms with Crippen molar-refractivity contribution in [3.8, 4) is 23.0 Å². The fraction of sp³-hybridized carbons (Fsp3) is 0.381. The average molecular weight is 401 g/mol. The smallest absolute Gasteiger partial charge is 0.328 e. The van der Waals surface area contributed by atoms with Crippen molar-refractivity contribution in [1.82, 2.24) is 5.32 Å². The molecule has 2 atom stereocenters. The fourth-order valence-electron chi connectivity index (χ4n) is 3.67. The number of nitrogens with one attached hydrogen (secondary N) is 1. The van der Waals surface area contributed by atoms with E-state index in [1.54, 1.807) is 6.07 Å². The molecular formula is C21H23NO7. The van der Waals surface area contributed by atoms with E-state index in [1.807, 2.05) is 44.2 Å². The van der Waals surface area contributed by atoms with Gasteiger partial charge in [-0.2, -0.15) is 0 Å². The first-order chi connectivity index (χ1) is 13.9. The van der Waals surface area contributed by atoms with Crippen molar-refractivity contribution in [2.75, 3.05) is 20.7 Å². The number of morpholine rings is 1. The summed E-state index contributed by atoms with van der Waals surface area (Å²) < 4.78 is 27.1. The Morgan fingerprint density at radius 1 is 1.21 bits per heavy atom. The molecule has 0 saturated carbocycles. The van der Waals surface area contributed by atoms with Crippen LogP contribution in [0.25, 0.3) is 0 Å². The minimum absolute atomic E-state index is 0.0704. The van der Waals surface area contributed by atoms with Crippen LogP contribution in [0, 0.1) is 0 Å². The molecule has 0 bridgehead atoms. The van der Waals surface area contributed by atoms with Gasteiger partial charge in [-0.25, -0.2) is 4.79 Å². The van der Waals surface area contributed by atoms with E-state index in [2.05, 4.69) is 5.32 Å². The zero-order chi connectivity index (χ0) is 20.6.